The van der Waals surface area contributed by atoms with Crippen LogP contribution in [0.4, 0.5) is 0 Å². The van der Waals surface area contributed by atoms with Crippen molar-refractivity contribution in [1.82, 2.24) is 9.13 Å². The summed E-state index contributed by atoms with van der Waals surface area (Å²) in [5.41, 5.74) is 1.88. The lowest BCUT2D eigenvalue weighted by Crippen LogP contribution is -2.37. The van der Waals surface area contributed by atoms with Crippen molar-refractivity contribution in [3.05, 3.63) is 72.0 Å². The predicted molar refractivity (Wildman–Crippen MR) is 96.3 cm³/mol. The van der Waals surface area contributed by atoms with Gasteiger partial charge in [-0.1, -0.05) is 15.9 Å². The fraction of sp³-hybridized carbons (Fsp3) is 0.278. The standard InChI is InChI=1S/C18H17BrN2O3/c1-20-10-13(17(23)21(2)18(20)24)8-12-5-3-4-11-9-14(19)6-7-15(11)16(12)22/h6-10H,3-5H2,1-2H3/b12-8-. The summed E-state index contributed by atoms with van der Waals surface area (Å²) in [7, 11) is 3.03. The summed E-state index contributed by atoms with van der Waals surface area (Å²) in [6.45, 7) is 0. The molecule has 1 aromatic carbocycles. The smallest absolute Gasteiger partial charge is 0.303 e. The molecular weight excluding hydrogens is 372 g/mol. The van der Waals surface area contributed by atoms with Gasteiger partial charge in [-0.05, 0) is 49.1 Å². The first-order valence-electron chi connectivity index (χ1n) is 7.69. The van der Waals surface area contributed by atoms with E-state index in [0.29, 0.717) is 23.1 Å². The number of hydrogen-bond donors (Lipinski definition) is 0. The molecular formula is C18H17BrN2O3. The van der Waals surface area contributed by atoms with E-state index in [1.165, 1.54) is 17.8 Å². The zero-order chi connectivity index (χ0) is 17.4. The number of carbonyl (C=O) groups is 1. The van der Waals surface area contributed by atoms with Gasteiger partial charge in [-0.2, -0.15) is 0 Å². The van der Waals surface area contributed by atoms with E-state index in [2.05, 4.69) is 15.9 Å². The van der Waals surface area contributed by atoms with E-state index in [-0.39, 0.29) is 11.5 Å². The van der Waals surface area contributed by atoms with Gasteiger partial charge in [0.1, 0.15) is 0 Å². The van der Waals surface area contributed by atoms with Crippen LogP contribution in [-0.2, 0) is 20.5 Å². The third-order valence-corrected chi connectivity index (χ3v) is 4.79. The number of allylic oxidation sites excluding steroid dienone is 1. The Morgan fingerprint density at radius 2 is 1.88 bits per heavy atom. The van der Waals surface area contributed by atoms with Crippen LogP contribution in [0.5, 0.6) is 0 Å². The summed E-state index contributed by atoms with van der Waals surface area (Å²) in [4.78, 5) is 36.9. The van der Waals surface area contributed by atoms with Crippen LogP contribution < -0.4 is 11.2 Å². The van der Waals surface area contributed by atoms with E-state index in [0.717, 1.165) is 27.4 Å². The predicted octanol–water partition coefficient (Wildman–Crippen LogP) is 2.45. The second-order valence-corrected chi connectivity index (χ2v) is 6.91. The van der Waals surface area contributed by atoms with E-state index < -0.39 is 5.56 Å². The van der Waals surface area contributed by atoms with Crippen LogP contribution in [0.15, 0.2) is 44.0 Å². The van der Waals surface area contributed by atoms with Crippen molar-refractivity contribution >= 4 is 27.8 Å². The SMILES string of the molecule is Cn1cc(/C=C2/CCCc3cc(Br)ccc3C2=O)c(=O)n(C)c1=O. The van der Waals surface area contributed by atoms with E-state index >= 15 is 0 Å². The van der Waals surface area contributed by atoms with Gasteiger partial charge in [-0.25, -0.2) is 4.79 Å². The van der Waals surface area contributed by atoms with Crippen molar-refractivity contribution in [2.75, 3.05) is 0 Å². The quantitative estimate of drug-likeness (QED) is 0.556. The van der Waals surface area contributed by atoms with Gasteiger partial charge >= 0.3 is 5.69 Å². The van der Waals surface area contributed by atoms with Crippen LogP contribution in [0.25, 0.3) is 6.08 Å². The third-order valence-electron chi connectivity index (χ3n) is 4.30. The van der Waals surface area contributed by atoms with Crippen molar-refractivity contribution in [3.63, 3.8) is 0 Å². The first-order chi connectivity index (χ1) is 11.4. The van der Waals surface area contributed by atoms with Gasteiger partial charge in [-0.3, -0.25) is 14.2 Å². The van der Waals surface area contributed by atoms with Crippen LogP contribution in [0, 0.1) is 0 Å². The van der Waals surface area contributed by atoms with Crippen molar-refractivity contribution in [3.8, 4) is 0 Å². The van der Waals surface area contributed by atoms with E-state index in [1.54, 1.807) is 13.1 Å². The Labute approximate surface area is 147 Å². The molecule has 0 N–H and O–H groups in total. The molecule has 0 bridgehead atoms. The van der Waals surface area contributed by atoms with Gasteiger partial charge in [0, 0.05) is 35.9 Å². The molecule has 0 saturated carbocycles. The average Bonchev–Trinajstić information content (AvgIpc) is 2.70. The maximum atomic E-state index is 12.8. The van der Waals surface area contributed by atoms with E-state index in [4.69, 9.17) is 0 Å². The Kier molecular flexibility index (Phi) is 4.41. The summed E-state index contributed by atoms with van der Waals surface area (Å²) in [6, 6.07) is 5.64. The highest BCUT2D eigenvalue weighted by molar-refractivity contribution is 9.10. The van der Waals surface area contributed by atoms with Crippen molar-refractivity contribution in [2.45, 2.75) is 19.3 Å². The maximum absolute atomic E-state index is 12.8. The Morgan fingerprint density at radius 1 is 1.12 bits per heavy atom. The highest BCUT2D eigenvalue weighted by Gasteiger charge is 2.20. The first kappa shape index (κ1) is 16.6. The number of carbonyl (C=O) groups excluding carboxylic acids is 1. The lowest BCUT2D eigenvalue weighted by molar-refractivity contribution is 0.103. The Morgan fingerprint density at radius 3 is 2.62 bits per heavy atom. The molecule has 2 aromatic rings. The van der Waals surface area contributed by atoms with Gasteiger partial charge in [0.25, 0.3) is 5.56 Å². The molecule has 1 heterocycles. The number of aryl methyl sites for hydroxylation is 2. The lowest BCUT2D eigenvalue weighted by atomic mass is 9.99. The van der Waals surface area contributed by atoms with Gasteiger partial charge in [0.05, 0.1) is 5.56 Å². The molecule has 0 fully saturated rings. The molecule has 0 saturated heterocycles. The number of rotatable bonds is 1. The van der Waals surface area contributed by atoms with Gasteiger partial charge in [0.15, 0.2) is 5.78 Å². The molecule has 124 valence electrons. The molecule has 0 atom stereocenters. The average molecular weight is 389 g/mol. The number of ketones is 1. The lowest BCUT2D eigenvalue weighted by Gasteiger charge is -2.07. The monoisotopic (exact) mass is 388 g/mol. The number of Topliss-reactive ketones (excluding diaryl/α,β-unsaturated/α-hetero) is 1. The molecule has 1 aliphatic rings. The van der Waals surface area contributed by atoms with E-state index in [9.17, 15) is 14.4 Å². The Balaban J connectivity index is 2.12. The van der Waals surface area contributed by atoms with Gasteiger partial charge in [-0.15, -0.1) is 0 Å². The second kappa shape index (κ2) is 6.36. The molecule has 3 rings (SSSR count). The number of fused-ring (bicyclic) bond motifs is 1. The Bertz CT molecular complexity index is 983. The highest BCUT2D eigenvalue weighted by Crippen LogP contribution is 2.27. The zero-order valence-electron chi connectivity index (χ0n) is 13.5. The van der Waals surface area contributed by atoms with Crippen LogP contribution in [0.2, 0.25) is 0 Å². The number of nitrogens with zero attached hydrogens (tertiary/aromatic N) is 2. The summed E-state index contributed by atoms with van der Waals surface area (Å²) in [6.07, 6.45) is 5.38. The fourth-order valence-corrected chi connectivity index (χ4v) is 3.42. The number of hydrogen-bond acceptors (Lipinski definition) is 3. The van der Waals surface area contributed by atoms with Crippen LogP contribution in [-0.4, -0.2) is 14.9 Å². The molecule has 1 aliphatic carbocycles. The van der Waals surface area contributed by atoms with Crippen molar-refractivity contribution in [1.29, 1.82) is 0 Å². The minimum absolute atomic E-state index is 0.0501. The van der Waals surface area contributed by atoms with E-state index in [1.807, 2.05) is 18.2 Å². The van der Waals surface area contributed by atoms with Crippen molar-refractivity contribution in [2.24, 2.45) is 14.1 Å². The molecule has 0 spiro atoms. The minimum Gasteiger partial charge on any atom is -0.303 e. The molecule has 0 amide bonds. The summed E-state index contributed by atoms with van der Waals surface area (Å²) >= 11 is 3.43. The minimum atomic E-state index is -0.390. The summed E-state index contributed by atoms with van der Waals surface area (Å²) in [5.74, 6) is -0.0501. The zero-order valence-corrected chi connectivity index (χ0v) is 15.1. The molecule has 1 aromatic heterocycles. The summed E-state index contributed by atoms with van der Waals surface area (Å²) < 4.78 is 3.35. The maximum Gasteiger partial charge on any atom is 0.330 e. The highest BCUT2D eigenvalue weighted by atomic mass is 79.9. The number of halogens is 1. The topological polar surface area (TPSA) is 61.1 Å². The van der Waals surface area contributed by atoms with Gasteiger partial charge < -0.3 is 4.57 Å². The molecule has 5 nitrogen and oxygen atoms in total. The number of aromatic nitrogens is 2. The molecule has 0 unspecified atom stereocenters. The fourth-order valence-electron chi connectivity index (χ4n) is 3.01. The van der Waals surface area contributed by atoms with Crippen LogP contribution in [0.1, 0.15) is 34.3 Å². The third kappa shape index (κ3) is 2.94. The van der Waals surface area contributed by atoms with Crippen LogP contribution in [0.3, 0.4) is 0 Å². The normalized spacial score (nSPS) is 16.1. The van der Waals surface area contributed by atoms with Crippen molar-refractivity contribution < 1.29 is 4.79 Å². The number of benzene rings is 1. The molecule has 6 heteroatoms. The second-order valence-electron chi connectivity index (χ2n) is 6.00. The largest absolute Gasteiger partial charge is 0.330 e. The summed E-state index contributed by atoms with van der Waals surface area (Å²) in [5, 5.41) is 0. The first-order valence-corrected chi connectivity index (χ1v) is 8.48. The molecule has 24 heavy (non-hydrogen) atoms. The van der Waals surface area contributed by atoms with Crippen LogP contribution >= 0.6 is 15.9 Å². The molecule has 0 aliphatic heterocycles. The van der Waals surface area contributed by atoms with Gasteiger partial charge in [0.2, 0.25) is 0 Å². The molecule has 0 radical (unpaired) electrons. The Hall–Kier alpha value is -2.21.